The van der Waals surface area contributed by atoms with Gasteiger partial charge in [-0.15, -0.1) is 0 Å². The zero-order chi connectivity index (χ0) is 9.40. The van der Waals surface area contributed by atoms with Crippen molar-refractivity contribution in [1.29, 1.82) is 0 Å². The minimum Gasteiger partial charge on any atom is -0.464 e. The van der Waals surface area contributed by atoms with Gasteiger partial charge in [-0.05, 0) is 27.1 Å². The number of nitrogens with zero attached hydrogens (tertiary/aromatic N) is 1. The van der Waals surface area contributed by atoms with Crippen LogP contribution in [0.3, 0.4) is 0 Å². The topological polar surface area (TPSA) is 55.6 Å². The molecule has 4 nitrogen and oxygen atoms in total. The van der Waals surface area contributed by atoms with E-state index in [0.29, 0.717) is 26.0 Å². The maximum absolute atomic E-state index is 10.9. The van der Waals surface area contributed by atoms with Gasteiger partial charge < -0.3 is 15.4 Å². The van der Waals surface area contributed by atoms with E-state index in [2.05, 4.69) is 0 Å². The van der Waals surface area contributed by atoms with Crippen molar-refractivity contribution in [3.63, 3.8) is 0 Å². The highest BCUT2D eigenvalue weighted by Crippen LogP contribution is 1.90. The first-order valence-corrected chi connectivity index (χ1v) is 4.17. The second kappa shape index (κ2) is 7.06. The quantitative estimate of drug-likeness (QED) is 0.568. The maximum Gasteiger partial charge on any atom is 0.305 e. The number of hydrogen-bond donors (Lipinski definition) is 1. The van der Waals surface area contributed by atoms with Gasteiger partial charge in [-0.1, -0.05) is 0 Å². The summed E-state index contributed by atoms with van der Waals surface area (Å²) in [7, 11) is 3.88. The molecule has 0 saturated carbocycles. The van der Waals surface area contributed by atoms with E-state index in [4.69, 9.17) is 10.5 Å². The molecule has 0 spiro atoms. The van der Waals surface area contributed by atoms with Crippen LogP contribution in [0.4, 0.5) is 0 Å². The summed E-state index contributed by atoms with van der Waals surface area (Å²) in [5, 5.41) is 0. The van der Waals surface area contributed by atoms with Gasteiger partial charge in [0.05, 0.1) is 0 Å². The van der Waals surface area contributed by atoms with Crippen LogP contribution in [0.5, 0.6) is 0 Å². The van der Waals surface area contributed by atoms with Crippen molar-refractivity contribution >= 4 is 5.97 Å². The van der Waals surface area contributed by atoms with Gasteiger partial charge in [0.15, 0.2) is 0 Å². The van der Waals surface area contributed by atoms with Crippen LogP contribution in [0, 0.1) is 0 Å². The Labute approximate surface area is 73.7 Å². The lowest BCUT2D eigenvalue weighted by Gasteiger charge is -2.09. The minimum absolute atomic E-state index is 0.151. The summed E-state index contributed by atoms with van der Waals surface area (Å²) in [6.45, 7) is 1.79. The van der Waals surface area contributed by atoms with Gasteiger partial charge in [-0.2, -0.15) is 0 Å². The molecule has 0 saturated heterocycles. The average Bonchev–Trinajstić information content (AvgIpc) is 2.00. The first kappa shape index (κ1) is 11.4. The number of hydrogen-bond acceptors (Lipinski definition) is 4. The third kappa shape index (κ3) is 7.50. The molecular formula is C8H18N2O2. The van der Waals surface area contributed by atoms with Crippen molar-refractivity contribution < 1.29 is 9.53 Å². The molecule has 0 aromatic carbocycles. The molecule has 0 atom stereocenters. The van der Waals surface area contributed by atoms with Crippen molar-refractivity contribution in [2.45, 2.75) is 12.8 Å². The molecule has 0 heterocycles. The van der Waals surface area contributed by atoms with Crippen LogP contribution in [0.1, 0.15) is 12.8 Å². The van der Waals surface area contributed by atoms with Crippen molar-refractivity contribution in [3.8, 4) is 0 Å². The molecule has 12 heavy (non-hydrogen) atoms. The molecule has 0 fully saturated rings. The number of carbonyl (C=O) groups excluding carboxylic acids is 1. The summed E-state index contributed by atoms with van der Waals surface area (Å²) >= 11 is 0. The predicted molar refractivity (Wildman–Crippen MR) is 47.8 cm³/mol. The largest absolute Gasteiger partial charge is 0.464 e. The van der Waals surface area contributed by atoms with Crippen molar-refractivity contribution in [2.24, 2.45) is 5.73 Å². The fourth-order valence-corrected chi connectivity index (χ4v) is 0.661. The van der Waals surface area contributed by atoms with Crippen LogP contribution >= 0.6 is 0 Å². The maximum atomic E-state index is 10.9. The zero-order valence-corrected chi connectivity index (χ0v) is 7.88. The molecule has 0 amide bonds. The van der Waals surface area contributed by atoms with Gasteiger partial charge in [-0.3, -0.25) is 4.79 Å². The number of nitrogens with two attached hydrogens (primary N) is 1. The molecule has 0 aliphatic heterocycles. The minimum atomic E-state index is -0.151. The van der Waals surface area contributed by atoms with Crippen LogP contribution in [0.25, 0.3) is 0 Å². The smallest absolute Gasteiger partial charge is 0.305 e. The van der Waals surface area contributed by atoms with Crippen LogP contribution in [0.15, 0.2) is 0 Å². The fraction of sp³-hybridized carbons (Fsp3) is 0.875. The monoisotopic (exact) mass is 174 g/mol. The standard InChI is InChI=1S/C8H18N2O2/c1-10(2)6-7-12-8(11)4-3-5-9/h3-7,9H2,1-2H3. The summed E-state index contributed by atoms with van der Waals surface area (Å²) in [6, 6.07) is 0. The number of esters is 1. The molecule has 0 aromatic rings. The molecule has 4 heteroatoms. The van der Waals surface area contributed by atoms with Crippen molar-refractivity contribution in [1.82, 2.24) is 4.90 Å². The normalized spacial score (nSPS) is 10.3. The Morgan fingerprint density at radius 1 is 1.50 bits per heavy atom. The number of likely N-dealkylation sites (N-methyl/N-ethyl adjacent to an activating group) is 1. The van der Waals surface area contributed by atoms with Gasteiger partial charge >= 0.3 is 5.97 Å². The second-order valence-corrected chi connectivity index (χ2v) is 2.92. The molecule has 0 unspecified atom stereocenters. The SMILES string of the molecule is CN(C)CCOC(=O)CCCN. The van der Waals surface area contributed by atoms with Gasteiger partial charge in [-0.25, -0.2) is 0 Å². The van der Waals surface area contributed by atoms with Crippen LogP contribution < -0.4 is 5.73 Å². The lowest BCUT2D eigenvalue weighted by molar-refractivity contribution is -0.143. The van der Waals surface area contributed by atoms with E-state index >= 15 is 0 Å². The van der Waals surface area contributed by atoms with E-state index in [0.717, 1.165) is 6.54 Å². The van der Waals surface area contributed by atoms with Crippen molar-refractivity contribution in [3.05, 3.63) is 0 Å². The van der Waals surface area contributed by atoms with Gasteiger partial charge in [0.1, 0.15) is 6.61 Å². The molecule has 2 N–H and O–H groups in total. The highest BCUT2D eigenvalue weighted by Gasteiger charge is 2.00. The molecule has 0 radical (unpaired) electrons. The molecule has 0 rings (SSSR count). The Bertz CT molecular complexity index is 126. The van der Waals surface area contributed by atoms with Gasteiger partial charge in [0, 0.05) is 13.0 Å². The Hall–Kier alpha value is -0.610. The summed E-state index contributed by atoms with van der Waals surface area (Å²) < 4.78 is 4.92. The van der Waals surface area contributed by atoms with Crippen LogP contribution in [-0.2, 0) is 9.53 Å². The molecule has 72 valence electrons. The Kier molecular flexibility index (Phi) is 6.70. The molecule has 0 aliphatic rings. The number of rotatable bonds is 6. The third-order valence-electron chi connectivity index (χ3n) is 1.39. The van der Waals surface area contributed by atoms with Crippen LogP contribution in [-0.4, -0.2) is 44.7 Å². The summed E-state index contributed by atoms with van der Waals surface area (Å²) in [4.78, 5) is 12.9. The Morgan fingerprint density at radius 2 is 2.17 bits per heavy atom. The first-order valence-electron chi connectivity index (χ1n) is 4.17. The summed E-state index contributed by atoms with van der Waals surface area (Å²) in [6.07, 6.45) is 1.14. The highest BCUT2D eigenvalue weighted by molar-refractivity contribution is 5.69. The predicted octanol–water partition coefficient (Wildman–Crippen LogP) is -0.170. The lowest BCUT2D eigenvalue weighted by atomic mass is 10.3. The van der Waals surface area contributed by atoms with Crippen molar-refractivity contribution in [2.75, 3.05) is 33.8 Å². The van der Waals surface area contributed by atoms with E-state index in [1.807, 2.05) is 19.0 Å². The molecule has 0 bridgehead atoms. The third-order valence-corrected chi connectivity index (χ3v) is 1.39. The van der Waals surface area contributed by atoms with Gasteiger partial charge in [0.2, 0.25) is 0 Å². The number of carbonyl (C=O) groups is 1. The Morgan fingerprint density at radius 3 is 2.67 bits per heavy atom. The summed E-state index contributed by atoms with van der Waals surface area (Å²) in [5.74, 6) is -0.151. The van der Waals surface area contributed by atoms with E-state index in [-0.39, 0.29) is 5.97 Å². The van der Waals surface area contributed by atoms with E-state index < -0.39 is 0 Å². The molecule has 0 aromatic heterocycles. The van der Waals surface area contributed by atoms with E-state index in [1.165, 1.54) is 0 Å². The van der Waals surface area contributed by atoms with Gasteiger partial charge in [0.25, 0.3) is 0 Å². The van der Waals surface area contributed by atoms with Crippen LogP contribution in [0.2, 0.25) is 0 Å². The van der Waals surface area contributed by atoms with E-state index in [1.54, 1.807) is 0 Å². The average molecular weight is 174 g/mol. The molecular weight excluding hydrogens is 156 g/mol. The zero-order valence-electron chi connectivity index (χ0n) is 7.88. The second-order valence-electron chi connectivity index (χ2n) is 2.92. The first-order chi connectivity index (χ1) is 5.66. The fourth-order valence-electron chi connectivity index (χ4n) is 0.661. The molecule has 0 aliphatic carbocycles. The summed E-state index contributed by atoms with van der Waals surface area (Å²) in [5.41, 5.74) is 5.24. The lowest BCUT2D eigenvalue weighted by Crippen LogP contribution is -2.20. The Balaban J connectivity index is 3.20. The number of ether oxygens (including phenoxy) is 1. The van der Waals surface area contributed by atoms with E-state index in [9.17, 15) is 4.79 Å². The highest BCUT2D eigenvalue weighted by atomic mass is 16.5.